The maximum Gasteiger partial charge on any atom is 0.337 e. The lowest BCUT2D eigenvalue weighted by atomic mass is 10.2. The lowest BCUT2D eigenvalue weighted by Crippen LogP contribution is -2.12. The molecule has 4 aromatic rings. The van der Waals surface area contributed by atoms with Crippen LogP contribution in [0.25, 0.3) is 17.1 Å². The van der Waals surface area contributed by atoms with Gasteiger partial charge in [0.1, 0.15) is 5.75 Å². The molecule has 0 N–H and O–H groups in total. The molecular weight excluding hydrogens is 428 g/mol. The van der Waals surface area contributed by atoms with Crippen molar-refractivity contribution < 1.29 is 19.1 Å². The zero-order valence-corrected chi connectivity index (χ0v) is 17.9. The number of carbonyl (C=O) groups excluding carboxylic acids is 2. The Morgan fingerprint density at radius 3 is 2.44 bits per heavy atom. The van der Waals surface area contributed by atoms with E-state index in [1.165, 1.54) is 31.0 Å². The molecule has 32 heavy (non-hydrogen) atoms. The molecule has 0 unspecified atom stereocenters. The van der Waals surface area contributed by atoms with Gasteiger partial charge in [0.05, 0.1) is 18.4 Å². The summed E-state index contributed by atoms with van der Waals surface area (Å²) in [6, 6.07) is 19.5. The molecule has 0 atom stereocenters. The Morgan fingerprint density at radius 1 is 0.969 bits per heavy atom. The third kappa shape index (κ3) is 4.84. The largest absolute Gasteiger partial charge is 0.465 e. The third-order valence-corrected chi connectivity index (χ3v) is 5.30. The quantitative estimate of drug-likeness (QED) is 0.240. The number of rotatable bonds is 7. The van der Waals surface area contributed by atoms with Crippen molar-refractivity contribution in [2.45, 2.75) is 5.16 Å². The maximum absolute atomic E-state index is 12.4. The van der Waals surface area contributed by atoms with Crippen molar-refractivity contribution in [2.75, 3.05) is 12.9 Å². The first-order valence-electron chi connectivity index (χ1n) is 9.59. The molecule has 0 aliphatic heterocycles. The van der Waals surface area contributed by atoms with Gasteiger partial charge in [0.15, 0.2) is 11.0 Å². The average Bonchev–Trinajstić information content (AvgIpc) is 3.28. The van der Waals surface area contributed by atoms with Crippen LogP contribution in [0.1, 0.15) is 10.4 Å². The number of hydrogen-bond donors (Lipinski definition) is 0. The summed E-state index contributed by atoms with van der Waals surface area (Å²) in [5.41, 5.74) is 2.05. The zero-order valence-electron chi connectivity index (χ0n) is 17.0. The van der Waals surface area contributed by atoms with Crippen molar-refractivity contribution in [1.82, 2.24) is 19.7 Å². The Morgan fingerprint density at radius 2 is 1.75 bits per heavy atom. The van der Waals surface area contributed by atoms with Gasteiger partial charge in [0.25, 0.3) is 0 Å². The number of methoxy groups -OCH3 is 1. The molecule has 0 saturated heterocycles. The molecule has 0 aliphatic rings. The van der Waals surface area contributed by atoms with E-state index in [1.807, 2.05) is 47.0 Å². The van der Waals surface area contributed by atoms with Gasteiger partial charge in [-0.25, -0.2) is 4.79 Å². The topological polar surface area (TPSA) is 96.2 Å². The van der Waals surface area contributed by atoms with Gasteiger partial charge in [0, 0.05) is 23.6 Å². The number of benzene rings is 2. The molecule has 2 aromatic heterocycles. The van der Waals surface area contributed by atoms with Crippen molar-refractivity contribution in [2.24, 2.45) is 0 Å². The lowest BCUT2D eigenvalue weighted by Gasteiger charge is -2.10. The highest BCUT2D eigenvalue weighted by Crippen LogP contribution is 2.27. The van der Waals surface area contributed by atoms with Crippen LogP contribution in [0.2, 0.25) is 0 Å². The Labute approximate surface area is 188 Å². The predicted octanol–water partition coefficient (Wildman–Crippen LogP) is 3.81. The highest BCUT2D eigenvalue weighted by Gasteiger charge is 2.18. The van der Waals surface area contributed by atoms with E-state index in [1.54, 1.807) is 24.5 Å². The molecule has 2 aromatic carbocycles. The number of nitrogens with zero attached hydrogens (tertiary/aromatic N) is 4. The number of esters is 2. The fourth-order valence-corrected chi connectivity index (χ4v) is 3.64. The van der Waals surface area contributed by atoms with E-state index < -0.39 is 11.9 Å². The van der Waals surface area contributed by atoms with Crippen molar-refractivity contribution in [3.05, 3.63) is 84.7 Å². The van der Waals surface area contributed by atoms with Crippen LogP contribution in [0.5, 0.6) is 5.75 Å². The Kier molecular flexibility index (Phi) is 6.57. The first-order chi connectivity index (χ1) is 15.7. The predicted molar refractivity (Wildman–Crippen MR) is 119 cm³/mol. The van der Waals surface area contributed by atoms with Crippen molar-refractivity contribution in [3.63, 3.8) is 0 Å². The summed E-state index contributed by atoms with van der Waals surface area (Å²) in [6.45, 7) is 0. The van der Waals surface area contributed by atoms with Crippen LogP contribution in [0.3, 0.4) is 0 Å². The molecular formula is C23H18N4O4S. The van der Waals surface area contributed by atoms with E-state index in [0.717, 1.165) is 11.3 Å². The Balaban J connectivity index is 1.50. The van der Waals surface area contributed by atoms with E-state index in [0.29, 0.717) is 22.3 Å². The van der Waals surface area contributed by atoms with Gasteiger partial charge in [-0.05, 0) is 48.5 Å². The molecule has 0 saturated carbocycles. The minimum atomic E-state index is -0.455. The second kappa shape index (κ2) is 9.88. The minimum absolute atomic E-state index is 0.0246. The second-order valence-corrected chi connectivity index (χ2v) is 7.44. The third-order valence-electron chi connectivity index (χ3n) is 4.39. The number of thioether (sulfide) groups is 1. The Bertz CT molecular complexity index is 1210. The Hall–Kier alpha value is -3.98. The maximum atomic E-state index is 12.4. The number of aromatic nitrogens is 4. The lowest BCUT2D eigenvalue weighted by molar-refractivity contribution is -0.131. The fourth-order valence-electron chi connectivity index (χ4n) is 2.92. The number of ether oxygens (including phenoxy) is 2. The first-order valence-corrected chi connectivity index (χ1v) is 10.6. The van der Waals surface area contributed by atoms with Crippen LogP contribution >= 0.6 is 11.8 Å². The van der Waals surface area contributed by atoms with Gasteiger partial charge in [-0.15, -0.1) is 10.2 Å². The molecule has 0 amide bonds. The van der Waals surface area contributed by atoms with E-state index >= 15 is 0 Å². The summed E-state index contributed by atoms with van der Waals surface area (Å²) in [5, 5.41) is 9.14. The molecule has 160 valence electrons. The van der Waals surface area contributed by atoms with Crippen LogP contribution in [0.4, 0.5) is 0 Å². The van der Waals surface area contributed by atoms with Gasteiger partial charge in [-0.1, -0.05) is 30.0 Å². The standard InChI is InChI=1S/C23H18N4O4S/c1-30-22(29)16-9-11-19(12-10-16)31-20(28)15-32-23-26-25-21(17-6-5-13-24-14-17)27(23)18-7-3-2-4-8-18/h2-14H,15H2,1H3. The van der Waals surface area contributed by atoms with Gasteiger partial charge in [-0.3, -0.25) is 14.3 Å². The molecule has 2 heterocycles. The summed E-state index contributed by atoms with van der Waals surface area (Å²) in [6.07, 6.45) is 3.40. The molecule has 0 aliphatic carbocycles. The fraction of sp³-hybridized carbons (Fsp3) is 0.0870. The average molecular weight is 446 g/mol. The minimum Gasteiger partial charge on any atom is -0.465 e. The number of pyridine rings is 1. The highest BCUT2D eigenvalue weighted by molar-refractivity contribution is 7.99. The first kappa shape index (κ1) is 21.3. The van der Waals surface area contributed by atoms with E-state index in [-0.39, 0.29) is 5.75 Å². The number of para-hydroxylation sites is 1. The van der Waals surface area contributed by atoms with Crippen molar-refractivity contribution >= 4 is 23.7 Å². The smallest absolute Gasteiger partial charge is 0.337 e. The zero-order chi connectivity index (χ0) is 22.3. The van der Waals surface area contributed by atoms with Gasteiger partial charge >= 0.3 is 11.9 Å². The molecule has 0 fully saturated rings. The van der Waals surface area contributed by atoms with E-state index in [9.17, 15) is 9.59 Å². The van der Waals surface area contributed by atoms with Gasteiger partial charge < -0.3 is 9.47 Å². The van der Waals surface area contributed by atoms with Crippen LogP contribution < -0.4 is 4.74 Å². The summed E-state index contributed by atoms with van der Waals surface area (Å²) in [7, 11) is 1.31. The van der Waals surface area contributed by atoms with Crippen LogP contribution in [-0.2, 0) is 9.53 Å². The van der Waals surface area contributed by atoms with Gasteiger partial charge in [0.2, 0.25) is 0 Å². The summed E-state index contributed by atoms with van der Waals surface area (Å²) in [5.74, 6) is 0.0772. The van der Waals surface area contributed by atoms with Crippen molar-refractivity contribution in [3.8, 4) is 22.8 Å². The van der Waals surface area contributed by atoms with Crippen molar-refractivity contribution in [1.29, 1.82) is 0 Å². The molecule has 4 rings (SSSR count). The SMILES string of the molecule is COC(=O)c1ccc(OC(=O)CSc2nnc(-c3cccnc3)n2-c2ccccc2)cc1. The van der Waals surface area contributed by atoms with E-state index in [2.05, 4.69) is 19.9 Å². The molecule has 8 nitrogen and oxygen atoms in total. The number of carbonyl (C=O) groups is 2. The normalized spacial score (nSPS) is 10.5. The summed E-state index contributed by atoms with van der Waals surface area (Å²) >= 11 is 1.22. The molecule has 0 bridgehead atoms. The van der Waals surface area contributed by atoms with Crippen LogP contribution in [0, 0.1) is 0 Å². The van der Waals surface area contributed by atoms with Gasteiger partial charge in [-0.2, -0.15) is 0 Å². The molecule has 9 heteroatoms. The monoisotopic (exact) mass is 446 g/mol. The summed E-state index contributed by atoms with van der Waals surface area (Å²) < 4.78 is 11.9. The second-order valence-electron chi connectivity index (χ2n) is 6.50. The highest BCUT2D eigenvalue weighted by atomic mass is 32.2. The molecule has 0 spiro atoms. The van der Waals surface area contributed by atoms with Crippen LogP contribution in [-0.4, -0.2) is 44.5 Å². The summed E-state index contributed by atoms with van der Waals surface area (Å²) in [4.78, 5) is 28.0. The van der Waals surface area contributed by atoms with Crippen LogP contribution in [0.15, 0.2) is 84.3 Å². The van der Waals surface area contributed by atoms with E-state index in [4.69, 9.17) is 4.74 Å². The number of hydrogen-bond acceptors (Lipinski definition) is 8. The molecule has 0 radical (unpaired) electrons.